The zero-order valence-electron chi connectivity index (χ0n) is 6.14. The van der Waals surface area contributed by atoms with Crippen molar-refractivity contribution in [2.24, 2.45) is 16.5 Å². The zero-order valence-corrected chi connectivity index (χ0v) is 6.95. The first kappa shape index (κ1) is 10.4. The maximum Gasteiger partial charge on any atom is 0.222 e. The van der Waals surface area contributed by atoms with Crippen LogP contribution in [0.2, 0.25) is 0 Å². The lowest BCUT2D eigenvalue weighted by Crippen LogP contribution is -2.22. The third-order valence-corrected chi connectivity index (χ3v) is 0.903. The number of aliphatic imine (C=N–C) groups is 1. The summed E-state index contributed by atoms with van der Waals surface area (Å²) in [6, 6.07) is 1.55. The summed E-state index contributed by atoms with van der Waals surface area (Å²) in [6.45, 7) is 0. The molecular weight excluding hydrogens is 180 g/mol. The van der Waals surface area contributed by atoms with Gasteiger partial charge in [-0.25, -0.2) is 4.98 Å². The Bertz CT molecular complexity index is 281. The van der Waals surface area contributed by atoms with Crippen LogP contribution in [0.5, 0.6) is 0 Å². The van der Waals surface area contributed by atoms with E-state index in [9.17, 15) is 0 Å². The predicted molar refractivity (Wildman–Crippen MR) is 49.2 cm³/mol. The molecule has 0 bridgehead atoms. The van der Waals surface area contributed by atoms with Crippen molar-refractivity contribution in [3.05, 3.63) is 12.3 Å². The molecule has 0 saturated carbocycles. The molecule has 7 heteroatoms. The molecule has 6 N–H and O–H groups in total. The van der Waals surface area contributed by atoms with Gasteiger partial charge in [-0.3, -0.25) is 0 Å². The van der Waals surface area contributed by atoms with Crippen molar-refractivity contribution in [1.29, 1.82) is 0 Å². The molecule has 0 saturated heterocycles. The van der Waals surface area contributed by atoms with E-state index >= 15 is 0 Å². The van der Waals surface area contributed by atoms with E-state index in [4.69, 9.17) is 17.2 Å². The van der Waals surface area contributed by atoms with E-state index in [1.54, 1.807) is 6.07 Å². The Morgan fingerprint density at radius 2 is 2.08 bits per heavy atom. The Balaban J connectivity index is 0.00000121. The highest BCUT2D eigenvalue weighted by Crippen LogP contribution is 2.05. The van der Waals surface area contributed by atoms with Crippen molar-refractivity contribution in [2.75, 3.05) is 5.73 Å². The van der Waals surface area contributed by atoms with Gasteiger partial charge in [0, 0.05) is 12.3 Å². The minimum Gasteiger partial charge on any atom is -0.370 e. The van der Waals surface area contributed by atoms with Gasteiger partial charge in [0.2, 0.25) is 5.95 Å². The molecule has 6 nitrogen and oxygen atoms in total. The Morgan fingerprint density at radius 1 is 1.42 bits per heavy atom. The molecule has 0 atom stereocenters. The van der Waals surface area contributed by atoms with Gasteiger partial charge in [0.25, 0.3) is 0 Å². The summed E-state index contributed by atoms with van der Waals surface area (Å²) in [7, 11) is 0. The molecule has 1 rings (SSSR count). The summed E-state index contributed by atoms with van der Waals surface area (Å²) in [4.78, 5) is 11.1. The molecule has 1 aromatic heterocycles. The lowest BCUT2D eigenvalue weighted by Gasteiger charge is -1.93. The number of guanidine groups is 1. The van der Waals surface area contributed by atoms with Crippen LogP contribution >= 0.6 is 12.4 Å². The van der Waals surface area contributed by atoms with Gasteiger partial charge in [0.15, 0.2) is 11.8 Å². The van der Waals surface area contributed by atoms with Gasteiger partial charge >= 0.3 is 0 Å². The molecule has 0 amide bonds. The molecule has 0 fully saturated rings. The standard InChI is InChI=1S/C5H8N6.ClH/c6-4(7)10-3-1-2-9-5(8)11-3;/h1-2H,(H6,6,7,8,9,10,11);1H. The number of hydrogen-bond acceptors (Lipinski definition) is 4. The maximum absolute atomic E-state index is 5.26. The minimum absolute atomic E-state index is 0. The number of nitrogens with two attached hydrogens (primary N) is 3. The Labute approximate surface area is 75.3 Å². The average Bonchev–Trinajstić information content (AvgIpc) is 1.85. The maximum atomic E-state index is 5.26. The number of anilines is 1. The average molecular weight is 189 g/mol. The molecule has 0 radical (unpaired) electrons. The van der Waals surface area contributed by atoms with Gasteiger partial charge in [-0.2, -0.15) is 9.98 Å². The Kier molecular flexibility index (Phi) is 3.78. The van der Waals surface area contributed by atoms with Crippen LogP contribution in [-0.4, -0.2) is 15.9 Å². The van der Waals surface area contributed by atoms with Crippen molar-refractivity contribution in [3.8, 4) is 0 Å². The van der Waals surface area contributed by atoms with Crippen LogP contribution in [0.1, 0.15) is 0 Å². The number of halogens is 1. The normalized spacial score (nSPS) is 8.33. The van der Waals surface area contributed by atoms with E-state index in [0.29, 0.717) is 5.82 Å². The fourth-order valence-electron chi connectivity index (χ4n) is 0.558. The molecule has 1 heterocycles. The van der Waals surface area contributed by atoms with Crippen molar-refractivity contribution in [1.82, 2.24) is 9.97 Å². The molecule has 0 aliphatic rings. The third kappa shape index (κ3) is 3.02. The third-order valence-electron chi connectivity index (χ3n) is 0.903. The number of rotatable bonds is 1. The molecular formula is C5H9ClN6. The fourth-order valence-corrected chi connectivity index (χ4v) is 0.558. The van der Waals surface area contributed by atoms with Crippen LogP contribution < -0.4 is 17.2 Å². The first-order valence-electron chi connectivity index (χ1n) is 2.86. The van der Waals surface area contributed by atoms with Gasteiger partial charge in [-0.15, -0.1) is 12.4 Å². The summed E-state index contributed by atoms with van der Waals surface area (Å²) in [5.41, 5.74) is 15.5. The zero-order chi connectivity index (χ0) is 8.27. The van der Waals surface area contributed by atoms with Gasteiger partial charge in [-0.1, -0.05) is 0 Å². The fraction of sp³-hybridized carbons (Fsp3) is 0. The second-order valence-corrected chi connectivity index (χ2v) is 1.81. The Morgan fingerprint density at radius 3 is 2.58 bits per heavy atom. The predicted octanol–water partition coefficient (Wildman–Crippen LogP) is -0.615. The van der Waals surface area contributed by atoms with E-state index in [1.807, 2.05) is 0 Å². The molecule has 0 aliphatic carbocycles. The number of nitrogen functional groups attached to an aromatic ring is 1. The quantitative estimate of drug-likeness (QED) is 0.401. The van der Waals surface area contributed by atoms with E-state index in [-0.39, 0.29) is 24.3 Å². The van der Waals surface area contributed by atoms with Crippen molar-refractivity contribution in [2.45, 2.75) is 0 Å². The highest BCUT2D eigenvalue weighted by Gasteiger charge is 1.91. The molecule has 0 aromatic carbocycles. The molecule has 0 aliphatic heterocycles. The molecule has 0 spiro atoms. The van der Waals surface area contributed by atoms with Gasteiger partial charge in [-0.05, 0) is 0 Å². The van der Waals surface area contributed by atoms with Crippen LogP contribution in [0, 0.1) is 0 Å². The second-order valence-electron chi connectivity index (χ2n) is 1.81. The number of nitrogens with zero attached hydrogens (tertiary/aromatic N) is 3. The summed E-state index contributed by atoms with van der Waals surface area (Å²) in [5.74, 6) is 0.452. The monoisotopic (exact) mass is 188 g/mol. The largest absolute Gasteiger partial charge is 0.370 e. The number of aromatic nitrogens is 2. The van der Waals surface area contributed by atoms with E-state index < -0.39 is 0 Å². The molecule has 12 heavy (non-hydrogen) atoms. The highest BCUT2D eigenvalue weighted by molar-refractivity contribution is 5.85. The summed E-state index contributed by atoms with van der Waals surface area (Å²) >= 11 is 0. The first-order chi connectivity index (χ1) is 5.18. The smallest absolute Gasteiger partial charge is 0.222 e. The summed E-state index contributed by atoms with van der Waals surface area (Å²) in [6.07, 6.45) is 1.48. The summed E-state index contributed by atoms with van der Waals surface area (Å²) < 4.78 is 0. The van der Waals surface area contributed by atoms with E-state index in [0.717, 1.165) is 0 Å². The van der Waals surface area contributed by atoms with Gasteiger partial charge in [0.1, 0.15) is 0 Å². The molecule has 66 valence electrons. The van der Waals surface area contributed by atoms with Gasteiger partial charge < -0.3 is 17.2 Å². The topological polar surface area (TPSA) is 116 Å². The highest BCUT2D eigenvalue weighted by atomic mass is 35.5. The van der Waals surface area contributed by atoms with Crippen molar-refractivity contribution >= 4 is 30.1 Å². The van der Waals surface area contributed by atoms with Gasteiger partial charge in [0.05, 0.1) is 0 Å². The number of hydrogen-bond donors (Lipinski definition) is 3. The van der Waals surface area contributed by atoms with Crippen LogP contribution in [0.4, 0.5) is 11.8 Å². The second kappa shape index (κ2) is 4.35. The lowest BCUT2D eigenvalue weighted by molar-refractivity contribution is 1.16. The molecule has 0 unspecified atom stereocenters. The van der Waals surface area contributed by atoms with Crippen molar-refractivity contribution < 1.29 is 0 Å². The minimum atomic E-state index is -0.0527. The van der Waals surface area contributed by atoms with Crippen LogP contribution in [0.15, 0.2) is 17.3 Å². The van der Waals surface area contributed by atoms with Crippen molar-refractivity contribution in [3.63, 3.8) is 0 Å². The van der Waals surface area contributed by atoms with E-state index in [2.05, 4.69) is 15.0 Å². The van der Waals surface area contributed by atoms with Crippen LogP contribution in [0.25, 0.3) is 0 Å². The first-order valence-corrected chi connectivity index (χ1v) is 2.86. The SMILES string of the molecule is Cl.NC(N)=Nc1ccnc(N)n1. The lowest BCUT2D eigenvalue weighted by atomic mass is 10.6. The van der Waals surface area contributed by atoms with Crippen LogP contribution in [0.3, 0.4) is 0 Å². The summed E-state index contributed by atoms with van der Waals surface area (Å²) in [5, 5.41) is 0. The Hall–Kier alpha value is -1.56. The van der Waals surface area contributed by atoms with E-state index in [1.165, 1.54) is 6.20 Å². The molecule has 1 aromatic rings. The van der Waals surface area contributed by atoms with Crippen LogP contribution in [-0.2, 0) is 0 Å².